The second-order valence-electron chi connectivity index (χ2n) is 9.28. The number of anilines is 1. The number of rotatable bonds is 5. The summed E-state index contributed by atoms with van der Waals surface area (Å²) >= 11 is 0. The number of hydrogen-bond donors (Lipinski definition) is 2. The number of carbonyl (C=O) groups is 2. The quantitative estimate of drug-likeness (QED) is 0.593. The molecule has 1 aromatic heterocycles. The van der Waals surface area contributed by atoms with Crippen LogP contribution in [0.3, 0.4) is 0 Å². The topological polar surface area (TPSA) is 96.3 Å². The lowest BCUT2D eigenvalue weighted by Gasteiger charge is -2.34. The molecule has 0 aliphatic carbocycles. The van der Waals surface area contributed by atoms with Crippen molar-refractivity contribution in [2.75, 3.05) is 12.4 Å². The normalized spacial score (nSPS) is 15.0. The van der Waals surface area contributed by atoms with Crippen LogP contribution in [-0.2, 0) is 13.0 Å². The van der Waals surface area contributed by atoms with E-state index in [1.54, 1.807) is 40.8 Å². The van der Waals surface area contributed by atoms with Crippen LogP contribution in [0, 0.1) is 6.92 Å². The summed E-state index contributed by atoms with van der Waals surface area (Å²) < 4.78 is 1.55. The minimum Gasteiger partial charge on any atom is -0.355 e. The number of carbonyl (C=O) groups excluding carboxylic acids is 2. The number of fused-ring (bicyclic) bond motifs is 1. The van der Waals surface area contributed by atoms with Crippen molar-refractivity contribution >= 4 is 17.8 Å². The van der Waals surface area contributed by atoms with E-state index >= 15 is 0 Å². The third kappa shape index (κ3) is 4.82. The predicted octanol–water partition coefficient (Wildman–Crippen LogP) is 3.31. The van der Waals surface area contributed by atoms with Crippen LogP contribution in [0.25, 0.3) is 5.69 Å². The lowest BCUT2D eigenvalue weighted by atomic mass is 9.98. The van der Waals surface area contributed by atoms with Crippen molar-refractivity contribution in [2.24, 2.45) is 0 Å². The minimum absolute atomic E-state index is 0.0316. The van der Waals surface area contributed by atoms with Gasteiger partial charge in [-0.2, -0.15) is 0 Å². The molecule has 0 radical (unpaired) electrons. The fraction of sp³-hybridized carbons (Fsp3) is 0.333. The van der Waals surface area contributed by atoms with Gasteiger partial charge in [-0.25, -0.2) is 9.55 Å². The molecule has 35 heavy (non-hydrogen) atoms. The average molecular weight is 474 g/mol. The summed E-state index contributed by atoms with van der Waals surface area (Å²) in [6.07, 6.45) is 0.414. The molecular formula is C27H31N5O3. The predicted molar refractivity (Wildman–Crippen MR) is 136 cm³/mol. The van der Waals surface area contributed by atoms with E-state index in [0.29, 0.717) is 40.4 Å². The zero-order chi connectivity index (χ0) is 25.3. The molecule has 4 rings (SSSR count). The summed E-state index contributed by atoms with van der Waals surface area (Å²) in [6, 6.07) is 14.2. The van der Waals surface area contributed by atoms with Crippen molar-refractivity contribution in [2.45, 2.75) is 52.7 Å². The summed E-state index contributed by atoms with van der Waals surface area (Å²) in [6.45, 7) is 8.15. The smallest absolute Gasteiger partial charge is 0.263 e. The Morgan fingerprint density at radius 2 is 1.66 bits per heavy atom. The number of nitrogens with one attached hydrogen (secondary N) is 2. The van der Waals surface area contributed by atoms with E-state index in [0.717, 1.165) is 5.56 Å². The van der Waals surface area contributed by atoms with Crippen LogP contribution in [0.2, 0.25) is 0 Å². The zero-order valence-electron chi connectivity index (χ0n) is 20.8. The van der Waals surface area contributed by atoms with Crippen LogP contribution >= 0.6 is 0 Å². The van der Waals surface area contributed by atoms with E-state index in [2.05, 4.69) is 10.6 Å². The standard InChI is InChI=1S/C27H31N5O3/c1-16(2)29-27-30-23-15-31(25(34)20-8-6-17(3)7-9-20)18(4)14-22(23)26(35)32(27)21-12-10-19(11-13-21)24(33)28-5/h6-13,16,18H,14-15H2,1-5H3,(H,28,33)(H,29,30)/t18-/m1/s1. The van der Waals surface area contributed by atoms with Crippen LogP contribution in [0.5, 0.6) is 0 Å². The number of aryl methyl sites for hydroxylation is 1. The zero-order valence-corrected chi connectivity index (χ0v) is 20.8. The van der Waals surface area contributed by atoms with Gasteiger partial charge in [0.2, 0.25) is 5.95 Å². The Morgan fingerprint density at radius 1 is 1.03 bits per heavy atom. The number of aromatic nitrogens is 2. The first-order chi connectivity index (χ1) is 16.7. The van der Waals surface area contributed by atoms with Gasteiger partial charge in [0.15, 0.2) is 0 Å². The molecule has 2 aromatic carbocycles. The van der Waals surface area contributed by atoms with Gasteiger partial charge in [0.25, 0.3) is 17.4 Å². The number of hydrogen-bond acceptors (Lipinski definition) is 5. The van der Waals surface area contributed by atoms with Crippen molar-refractivity contribution in [3.63, 3.8) is 0 Å². The van der Waals surface area contributed by atoms with Gasteiger partial charge in [-0.15, -0.1) is 0 Å². The van der Waals surface area contributed by atoms with Gasteiger partial charge in [-0.05, 0) is 70.5 Å². The van der Waals surface area contributed by atoms with Crippen molar-refractivity contribution < 1.29 is 9.59 Å². The highest BCUT2D eigenvalue weighted by molar-refractivity contribution is 5.95. The Morgan fingerprint density at radius 3 is 2.26 bits per heavy atom. The molecule has 2 amide bonds. The lowest BCUT2D eigenvalue weighted by molar-refractivity contribution is 0.0653. The fourth-order valence-electron chi connectivity index (χ4n) is 4.29. The van der Waals surface area contributed by atoms with Gasteiger partial charge >= 0.3 is 0 Å². The molecule has 2 N–H and O–H groups in total. The van der Waals surface area contributed by atoms with Crippen LogP contribution in [0.15, 0.2) is 53.3 Å². The van der Waals surface area contributed by atoms with E-state index in [1.165, 1.54) is 0 Å². The molecule has 0 saturated carbocycles. The van der Waals surface area contributed by atoms with E-state index < -0.39 is 0 Å². The molecule has 1 aliphatic rings. The Labute approximate surface area is 205 Å². The van der Waals surface area contributed by atoms with Gasteiger partial charge in [0.1, 0.15) is 0 Å². The maximum atomic E-state index is 13.7. The number of amides is 2. The average Bonchev–Trinajstić information content (AvgIpc) is 2.84. The highest BCUT2D eigenvalue weighted by atomic mass is 16.2. The maximum Gasteiger partial charge on any atom is 0.263 e. The summed E-state index contributed by atoms with van der Waals surface area (Å²) in [5.74, 6) is 0.145. The van der Waals surface area contributed by atoms with Crippen LogP contribution in [-0.4, -0.2) is 45.4 Å². The van der Waals surface area contributed by atoms with E-state index in [1.807, 2.05) is 52.0 Å². The second-order valence-corrected chi connectivity index (χ2v) is 9.28. The van der Waals surface area contributed by atoms with Crippen LogP contribution in [0.4, 0.5) is 5.95 Å². The van der Waals surface area contributed by atoms with Gasteiger partial charge in [-0.3, -0.25) is 14.4 Å². The number of nitrogens with zero attached hydrogens (tertiary/aromatic N) is 3. The molecule has 8 nitrogen and oxygen atoms in total. The first kappa shape index (κ1) is 24.2. The van der Waals surface area contributed by atoms with Gasteiger partial charge in [0, 0.05) is 35.8 Å². The SMILES string of the molecule is CNC(=O)c1ccc(-n2c(NC(C)C)nc3c(c2=O)C[C@@H](C)N(C(=O)c2ccc(C)cc2)C3)cc1. The maximum absolute atomic E-state index is 13.7. The van der Waals surface area contributed by atoms with Crippen molar-refractivity contribution in [3.05, 3.63) is 86.8 Å². The molecule has 3 aromatic rings. The Hall–Kier alpha value is -3.94. The van der Waals surface area contributed by atoms with E-state index in [-0.39, 0.29) is 36.0 Å². The highest BCUT2D eigenvalue weighted by Gasteiger charge is 2.32. The molecular weight excluding hydrogens is 442 g/mol. The molecule has 8 heteroatoms. The molecule has 0 unspecified atom stereocenters. The third-order valence-corrected chi connectivity index (χ3v) is 6.21. The molecule has 2 heterocycles. The molecule has 182 valence electrons. The van der Waals surface area contributed by atoms with Crippen molar-refractivity contribution in [1.82, 2.24) is 19.8 Å². The van der Waals surface area contributed by atoms with Gasteiger partial charge < -0.3 is 15.5 Å². The lowest BCUT2D eigenvalue weighted by Crippen LogP contribution is -2.46. The molecule has 1 aliphatic heterocycles. The minimum atomic E-state index is -0.194. The highest BCUT2D eigenvalue weighted by Crippen LogP contribution is 2.25. The number of benzene rings is 2. The first-order valence-electron chi connectivity index (χ1n) is 11.8. The Balaban J connectivity index is 1.75. The third-order valence-electron chi connectivity index (χ3n) is 6.21. The van der Waals surface area contributed by atoms with Crippen LogP contribution in [0.1, 0.15) is 58.3 Å². The molecule has 1 atom stereocenters. The van der Waals surface area contributed by atoms with Gasteiger partial charge in [0.05, 0.1) is 17.9 Å². The largest absolute Gasteiger partial charge is 0.355 e. The van der Waals surface area contributed by atoms with E-state index in [9.17, 15) is 14.4 Å². The van der Waals surface area contributed by atoms with Crippen molar-refractivity contribution in [1.29, 1.82) is 0 Å². The van der Waals surface area contributed by atoms with Crippen LogP contribution < -0.4 is 16.2 Å². The molecule has 0 saturated heterocycles. The Kier molecular flexibility index (Phi) is 6.73. The summed E-state index contributed by atoms with van der Waals surface area (Å²) in [4.78, 5) is 45.5. The summed E-state index contributed by atoms with van der Waals surface area (Å²) in [5.41, 5.74) is 3.88. The first-order valence-corrected chi connectivity index (χ1v) is 11.8. The molecule has 0 bridgehead atoms. The Bertz CT molecular complexity index is 1310. The van der Waals surface area contributed by atoms with Crippen molar-refractivity contribution in [3.8, 4) is 5.69 Å². The summed E-state index contributed by atoms with van der Waals surface area (Å²) in [7, 11) is 1.58. The van der Waals surface area contributed by atoms with E-state index in [4.69, 9.17) is 4.98 Å². The molecule has 0 spiro atoms. The summed E-state index contributed by atoms with van der Waals surface area (Å²) in [5, 5.41) is 5.87. The monoisotopic (exact) mass is 473 g/mol. The molecule has 0 fully saturated rings. The van der Waals surface area contributed by atoms with Gasteiger partial charge in [-0.1, -0.05) is 17.7 Å². The second kappa shape index (κ2) is 9.74. The fourth-order valence-corrected chi connectivity index (χ4v) is 4.29.